The Morgan fingerprint density at radius 3 is 2.69 bits per heavy atom. The first kappa shape index (κ1) is 18.2. The lowest BCUT2D eigenvalue weighted by atomic mass is 10.2. The molecule has 0 saturated carbocycles. The summed E-state index contributed by atoms with van der Waals surface area (Å²) in [6.07, 6.45) is 0. The van der Waals surface area contributed by atoms with Gasteiger partial charge in [0.25, 0.3) is 5.91 Å². The number of esters is 1. The van der Waals surface area contributed by atoms with Gasteiger partial charge in [0, 0.05) is 5.02 Å². The van der Waals surface area contributed by atoms with Gasteiger partial charge in [0.1, 0.15) is 5.52 Å². The van der Waals surface area contributed by atoms with E-state index in [-0.39, 0.29) is 15.4 Å². The molecular formula is C16H8ClF3N2O3S. The maximum absolute atomic E-state index is 13.6. The Kier molecular flexibility index (Phi) is 5.10. The highest BCUT2D eigenvalue weighted by molar-refractivity contribution is 7.22. The molecule has 0 unspecified atom stereocenters. The maximum atomic E-state index is 13.6. The predicted octanol–water partition coefficient (Wildman–Crippen LogP) is 4.16. The van der Waals surface area contributed by atoms with Gasteiger partial charge in [-0.05, 0) is 24.3 Å². The molecule has 0 aliphatic heterocycles. The van der Waals surface area contributed by atoms with Crippen molar-refractivity contribution >= 4 is 50.2 Å². The van der Waals surface area contributed by atoms with Crippen molar-refractivity contribution in [3.05, 3.63) is 58.4 Å². The minimum atomic E-state index is -1.64. The van der Waals surface area contributed by atoms with Crippen LogP contribution in [0.25, 0.3) is 10.2 Å². The summed E-state index contributed by atoms with van der Waals surface area (Å²) in [5.74, 6) is -5.95. The maximum Gasteiger partial charge on any atom is 0.338 e. The minimum Gasteiger partial charge on any atom is -0.452 e. The van der Waals surface area contributed by atoms with Crippen LogP contribution in [0.3, 0.4) is 0 Å². The summed E-state index contributed by atoms with van der Waals surface area (Å²) in [5, 5.41) is 2.51. The SMILES string of the molecule is O=C(COC(=O)c1cccc(Cl)c1)Nc1nc2c(F)c(F)c(F)cc2s1. The first-order chi connectivity index (χ1) is 12.3. The largest absolute Gasteiger partial charge is 0.452 e. The molecule has 5 nitrogen and oxygen atoms in total. The molecule has 0 spiro atoms. The van der Waals surface area contributed by atoms with E-state index in [2.05, 4.69) is 10.3 Å². The average Bonchev–Trinajstić information content (AvgIpc) is 3.00. The Bertz CT molecular complexity index is 1030. The van der Waals surface area contributed by atoms with Gasteiger partial charge >= 0.3 is 5.97 Å². The second-order valence-corrected chi connectivity index (χ2v) is 6.45. The van der Waals surface area contributed by atoms with Gasteiger partial charge in [-0.3, -0.25) is 10.1 Å². The van der Waals surface area contributed by atoms with Crippen LogP contribution in [0.2, 0.25) is 5.02 Å². The molecule has 1 heterocycles. The van der Waals surface area contributed by atoms with Gasteiger partial charge in [-0.15, -0.1) is 0 Å². The highest BCUT2D eigenvalue weighted by Crippen LogP contribution is 2.30. The number of carbonyl (C=O) groups excluding carboxylic acids is 2. The van der Waals surface area contributed by atoms with Crippen LogP contribution < -0.4 is 5.32 Å². The molecule has 0 saturated heterocycles. The fraction of sp³-hybridized carbons (Fsp3) is 0.0625. The van der Waals surface area contributed by atoms with E-state index < -0.39 is 41.5 Å². The Morgan fingerprint density at radius 1 is 1.19 bits per heavy atom. The van der Waals surface area contributed by atoms with E-state index in [0.29, 0.717) is 5.02 Å². The second-order valence-electron chi connectivity index (χ2n) is 4.99. The molecule has 1 amide bonds. The number of nitrogens with zero attached hydrogens (tertiary/aromatic N) is 1. The van der Waals surface area contributed by atoms with Crippen molar-refractivity contribution in [3.8, 4) is 0 Å². The van der Waals surface area contributed by atoms with Gasteiger partial charge in [0.05, 0.1) is 10.3 Å². The van der Waals surface area contributed by atoms with Crippen LogP contribution in [0.4, 0.5) is 18.3 Å². The van der Waals surface area contributed by atoms with Crippen molar-refractivity contribution in [2.45, 2.75) is 0 Å². The van der Waals surface area contributed by atoms with Gasteiger partial charge in [0.15, 0.2) is 29.2 Å². The molecule has 0 bridgehead atoms. The van der Waals surface area contributed by atoms with Crippen molar-refractivity contribution in [1.29, 1.82) is 0 Å². The Morgan fingerprint density at radius 2 is 1.96 bits per heavy atom. The van der Waals surface area contributed by atoms with Gasteiger partial charge in [-0.25, -0.2) is 22.9 Å². The molecule has 0 fully saturated rings. The van der Waals surface area contributed by atoms with Gasteiger partial charge < -0.3 is 4.74 Å². The van der Waals surface area contributed by atoms with Crippen LogP contribution in [0.15, 0.2) is 30.3 Å². The zero-order chi connectivity index (χ0) is 18.8. The first-order valence-electron chi connectivity index (χ1n) is 7.01. The Labute approximate surface area is 153 Å². The fourth-order valence-corrected chi connectivity index (χ4v) is 3.11. The van der Waals surface area contributed by atoms with Crippen molar-refractivity contribution in [2.24, 2.45) is 0 Å². The topological polar surface area (TPSA) is 68.3 Å². The average molecular weight is 401 g/mol. The number of ether oxygens (including phenoxy) is 1. The van der Waals surface area contributed by atoms with E-state index in [1.165, 1.54) is 12.1 Å². The fourth-order valence-electron chi connectivity index (χ4n) is 2.01. The number of hydrogen-bond donors (Lipinski definition) is 1. The molecule has 10 heteroatoms. The Balaban J connectivity index is 1.66. The third kappa shape index (κ3) is 3.78. The number of nitrogens with one attached hydrogen (secondary N) is 1. The van der Waals surface area contributed by atoms with Gasteiger partial charge in [0.2, 0.25) is 0 Å². The van der Waals surface area contributed by atoms with E-state index in [4.69, 9.17) is 16.3 Å². The number of thiazole rings is 1. The second kappa shape index (κ2) is 7.30. The van der Waals surface area contributed by atoms with Crippen LogP contribution in [-0.4, -0.2) is 23.5 Å². The summed E-state index contributed by atoms with van der Waals surface area (Å²) < 4.78 is 44.8. The molecule has 2 aromatic carbocycles. The molecule has 3 aromatic rings. The molecule has 0 atom stereocenters. The molecule has 26 heavy (non-hydrogen) atoms. The highest BCUT2D eigenvalue weighted by atomic mass is 35.5. The lowest BCUT2D eigenvalue weighted by Gasteiger charge is -2.04. The third-order valence-electron chi connectivity index (χ3n) is 3.16. The Hall–Kier alpha value is -2.65. The third-order valence-corrected chi connectivity index (χ3v) is 4.32. The number of carbonyl (C=O) groups is 2. The number of fused-ring (bicyclic) bond motifs is 1. The molecule has 3 rings (SSSR count). The summed E-state index contributed by atoms with van der Waals surface area (Å²) in [6.45, 7) is -0.632. The van der Waals surface area contributed by atoms with E-state index in [1.807, 2.05) is 0 Å². The van der Waals surface area contributed by atoms with Crippen molar-refractivity contribution in [1.82, 2.24) is 4.98 Å². The first-order valence-corrected chi connectivity index (χ1v) is 8.21. The van der Waals surface area contributed by atoms with Crippen LogP contribution in [0.1, 0.15) is 10.4 Å². The van der Waals surface area contributed by atoms with E-state index in [1.54, 1.807) is 12.1 Å². The van der Waals surface area contributed by atoms with E-state index in [9.17, 15) is 22.8 Å². The zero-order valence-electron chi connectivity index (χ0n) is 12.7. The van der Waals surface area contributed by atoms with Crippen LogP contribution >= 0.6 is 22.9 Å². The summed E-state index contributed by atoms with van der Waals surface area (Å²) in [5.41, 5.74) is -0.238. The number of benzene rings is 2. The molecule has 0 aliphatic rings. The number of rotatable bonds is 4. The van der Waals surface area contributed by atoms with Crippen LogP contribution in [0.5, 0.6) is 0 Å². The molecule has 134 valence electrons. The van der Waals surface area contributed by atoms with Crippen molar-refractivity contribution < 1.29 is 27.5 Å². The normalized spacial score (nSPS) is 10.8. The number of hydrogen-bond acceptors (Lipinski definition) is 5. The van der Waals surface area contributed by atoms with Gasteiger partial charge in [-0.1, -0.05) is 29.0 Å². The molecule has 0 aliphatic carbocycles. The van der Waals surface area contributed by atoms with Crippen molar-refractivity contribution in [3.63, 3.8) is 0 Å². The van der Waals surface area contributed by atoms with E-state index >= 15 is 0 Å². The lowest BCUT2D eigenvalue weighted by Crippen LogP contribution is -2.20. The number of aromatic nitrogens is 1. The van der Waals surface area contributed by atoms with Crippen molar-refractivity contribution in [2.75, 3.05) is 11.9 Å². The van der Waals surface area contributed by atoms with Crippen LogP contribution in [-0.2, 0) is 9.53 Å². The molecule has 0 radical (unpaired) electrons. The zero-order valence-corrected chi connectivity index (χ0v) is 14.3. The smallest absolute Gasteiger partial charge is 0.338 e. The monoisotopic (exact) mass is 400 g/mol. The number of anilines is 1. The predicted molar refractivity (Wildman–Crippen MR) is 89.9 cm³/mol. The summed E-state index contributed by atoms with van der Waals surface area (Å²) >= 11 is 6.50. The minimum absolute atomic E-state index is 0.0209. The lowest BCUT2D eigenvalue weighted by molar-refractivity contribution is -0.119. The quantitative estimate of drug-likeness (QED) is 0.527. The van der Waals surface area contributed by atoms with Crippen LogP contribution in [0, 0.1) is 17.5 Å². The molecule has 1 aromatic heterocycles. The molecular weight excluding hydrogens is 393 g/mol. The van der Waals surface area contributed by atoms with E-state index in [0.717, 1.165) is 17.4 Å². The summed E-state index contributed by atoms with van der Waals surface area (Å²) in [4.78, 5) is 27.3. The van der Waals surface area contributed by atoms with Gasteiger partial charge in [-0.2, -0.15) is 0 Å². The number of amides is 1. The standard InChI is InChI=1S/C16H8ClF3N2O3S/c17-8-3-1-2-7(4-8)15(24)25-6-11(23)21-16-22-14-10(26-16)5-9(18)12(19)13(14)20/h1-5H,6H2,(H,21,22,23). The molecule has 1 N–H and O–H groups in total. The number of halogens is 4. The summed E-state index contributed by atoms with van der Waals surface area (Å²) in [6, 6.07) is 6.74. The summed E-state index contributed by atoms with van der Waals surface area (Å²) in [7, 11) is 0. The highest BCUT2D eigenvalue weighted by Gasteiger charge is 2.18.